The Morgan fingerprint density at radius 1 is 1.17 bits per heavy atom. The van der Waals surface area contributed by atoms with Crippen LogP contribution in [0, 0.1) is 11.3 Å². The fourth-order valence-corrected chi connectivity index (χ4v) is 5.27. The van der Waals surface area contributed by atoms with E-state index in [1.807, 2.05) is 29.2 Å². The molecular weight excluding hydrogens is 386 g/mol. The van der Waals surface area contributed by atoms with Gasteiger partial charge in [-0.25, -0.2) is 0 Å². The number of carboxylic acid groups (broad SMARTS) is 1. The highest BCUT2D eigenvalue weighted by Gasteiger charge is 2.53. The summed E-state index contributed by atoms with van der Waals surface area (Å²) in [7, 11) is 0. The molecule has 30 heavy (non-hydrogen) atoms. The molecule has 2 fully saturated rings. The van der Waals surface area contributed by atoms with Gasteiger partial charge in [-0.05, 0) is 30.5 Å². The van der Waals surface area contributed by atoms with E-state index in [-0.39, 0.29) is 30.5 Å². The summed E-state index contributed by atoms with van der Waals surface area (Å²) in [5.41, 5.74) is 1.46. The number of carbonyl (C=O) groups is 2. The lowest BCUT2D eigenvalue weighted by Crippen LogP contribution is -2.37. The van der Waals surface area contributed by atoms with Crippen molar-refractivity contribution in [2.24, 2.45) is 11.3 Å². The first kappa shape index (κ1) is 19.0. The van der Waals surface area contributed by atoms with Gasteiger partial charge in [0.15, 0.2) is 11.5 Å². The number of para-hydroxylation sites is 1. The molecule has 2 N–H and O–H groups in total. The van der Waals surface area contributed by atoms with Gasteiger partial charge in [0, 0.05) is 56.3 Å². The number of aromatic nitrogens is 1. The van der Waals surface area contributed by atoms with E-state index in [1.54, 1.807) is 12.3 Å². The van der Waals surface area contributed by atoms with Crippen molar-refractivity contribution in [3.8, 4) is 11.5 Å². The average Bonchev–Trinajstić information content (AvgIpc) is 3.48. The molecule has 3 aliphatic heterocycles. The van der Waals surface area contributed by atoms with Crippen LogP contribution in [0.4, 0.5) is 0 Å². The zero-order valence-electron chi connectivity index (χ0n) is 16.7. The molecule has 0 radical (unpaired) electrons. The van der Waals surface area contributed by atoms with Gasteiger partial charge in [-0.1, -0.05) is 12.1 Å². The van der Waals surface area contributed by atoms with Crippen molar-refractivity contribution < 1.29 is 24.2 Å². The van der Waals surface area contributed by atoms with E-state index < -0.39 is 5.97 Å². The van der Waals surface area contributed by atoms with Gasteiger partial charge in [0.1, 0.15) is 5.69 Å². The van der Waals surface area contributed by atoms with E-state index in [4.69, 9.17) is 9.47 Å². The van der Waals surface area contributed by atoms with Crippen LogP contribution >= 0.6 is 0 Å². The maximum absolute atomic E-state index is 12.9. The minimum Gasteiger partial charge on any atom is -0.481 e. The molecule has 0 aliphatic carbocycles. The van der Waals surface area contributed by atoms with Crippen LogP contribution in [-0.4, -0.2) is 64.7 Å². The van der Waals surface area contributed by atoms with Gasteiger partial charge in [-0.15, -0.1) is 0 Å². The lowest BCUT2D eigenvalue weighted by Gasteiger charge is -2.29. The standard InChI is InChI=1S/C22H25N3O5/c26-19(27)6-7-22-12-24(9-15-3-1-5-18-20(15)30-14-29-18)10-16(22)11-25(13-22)21(28)17-4-2-8-23-17/h1-5,8,16,23H,6-7,9-14H2,(H,26,27)/t16-,22+/m0/s1. The fourth-order valence-electron chi connectivity index (χ4n) is 5.27. The molecule has 2 saturated heterocycles. The fraction of sp³-hybridized carbons (Fsp3) is 0.455. The highest BCUT2D eigenvalue weighted by atomic mass is 16.7. The Morgan fingerprint density at radius 3 is 2.87 bits per heavy atom. The predicted octanol–water partition coefficient (Wildman–Crippen LogP) is 2.18. The van der Waals surface area contributed by atoms with Crippen molar-refractivity contribution in [3.05, 3.63) is 47.8 Å². The number of aromatic amines is 1. The van der Waals surface area contributed by atoms with Crippen LogP contribution in [0.1, 0.15) is 28.9 Å². The first-order chi connectivity index (χ1) is 14.5. The second kappa shape index (κ2) is 7.36. The van der Waals surface area contributed by atoms with Crippen LogP contribution in [0.15, 0.2) is 36.5 Å². The van der Waals surface area contributed by atoms with E-state index in [9.17, 15) is 14.7 Å². The topological polar surface area (TPSA) is 95.1 Å². The van der Waals surface area contributed by atoms with Crippen molar-refractivity contribution >= 4 is 11.9 Å². The predicted molar refractivity (Wildman–Crippen MR) is 107 cm³/mol. The van der Waals surface area contributed by atoms with Crippen LogP contribution in [0.3, 0.4) is 0 Å². The summed E-state index contributed by atoms with van der Waals surface area (Å²) in [4.78, 5) is 31.4. The first-order valence-corrected chi connectivity index (χ1v) is 10.3. The number of fused-ring (bicyclic) bond motifs is 2. The number of hydrogen-bond donors (Lipinski definition) is 2. The molecule has 158 valence electrons. The summed E-state index contributed by atoms with van der Waals surface area (Å²) in [6.45, 7) is 3.81. The lowest BCUT2D eigenvalue weighted by atomic mass is 9.77. The van der Waals surface area contributed by atoms with Crippen LogP contribution in [-0.2, 0) is 11.3 Å². The smallest absolute Gasteiger partial charge is 0.303 e. The Kier molecular flexibility index (Phi) is 4.66. The third-order valence-corrected chi connectivity index (χ3v) is 6.65. The molecule has 2 atom stereocenters. The van der Waals surface area contributed by atoms with Crippen molar-refractivity contribution in [2.75, 3.05) is 33.0 Å². The largest absolute Gasteiger partial charge is 0.481 e. The Labute approximate surface area is 174 Å². The Balaban J connectivity index is 1.33. The Hall–Kier alpha value is -3.00. The van der Waals surface area contributed by atoms with Crippen molar-refractivity contribution in [2.45, 2.75) is 19.4 Å². The molecule has 2 aromatic rings. The molecule has 8 nitrogen and oxygen atoms in total. The molecule has 1 amide bonds. The zero-order chi connectivity index (χ0) is 20.7. The summed E-state index contributed by atoms with van der Waals surface area (Å²) in [6.07, 6.45) is 2.44. The molecular formula is C22H25N3O5. The number of aliphatic carboxylic acids is 1. The highest BCUT2D eigenvalue weighted by molar-refractivity contribution is 5.92. The molecule has 5 rings (SSSR count). The molecule has 0 unspecified atom stereocenters. The monoisotopic (exact) mass is 411 g/mol. The summed E-state index contributed by atoms with van der Waals surface area (Å²) in [6, 6.07) is 9.52. The van der Waals surface area contributed by atoms with Crippen LogP contribution in [0.2, 0.25) is 0 Å². The molecule has 1 aromatic carbocycles. The number of rotatable bonds is 6. The molecule has 8 heteroatoms. The van der Waals surface area contributed by atoms with Crippen LogP contribution in [0.25, 0.3) is 0 Å². The van der Waals surface area contributed by atoms with Crippen molar-refractivity contribution in [1.29, 1.82) is 0 Å². The van der Waals surface area contributed by atoms with E-state index >= 15 is 0 Å². The number of nitrogens with one attached hydrogen (secondary N) is 1. The number of likely N-dealkylation sites (tertiary alicyclic amines) is 2. The number of hydrogen-bond acceptors (Lipinski definition) is 5. The van der Waals surface area contributed by atoms with Gasteiger partial charge in [0.05, 0.1) is 0 Å². The molecule has 0 spiro atoms. The molecule has 0 bridgehead atoms. The third kappa shape index (κ3) is 3.31. The number of nitrogens with zero attached hydrogens (tertiary/aromatic N) is 2. The van der Waals surface area contributed by atoms with Gasteiger partial charge in [-0.2, -0.15) is 0 Å². The lowest BCUT2D eigenvalue weighted by molar-refractivity contribution is -0.137. The van der Waals surface area contributed by atoms with Crippen molar-refractivity contribution in [3.63, 3.8) is 0 Å². The van der Waals surface area contributed by atoms with E-state index in [2.05, 4.69) is 9.88 Å². The average molecular weight is 411 g/mol. The van der Waals surface area contributed by atoms with E-state index in [0.717, 1.165) is 36.7 Å². The number of carboxylic acids is 1. The molecule has 0 saturated carbocycles. The summed E-state index contributed by atoms with van der Waals surface area (Å²) in [5.74, 6) is 1.03. The molecule has 1 aromatic heterocycles. The second-order valence-electron chi connectivity index (χ2n) is 8.54. The number of amides is 1. The minimum atomic E-state index is -0.790. The van der Waals surface area contributed by atoms with Gasteiger partial charge in [0.2, 0.25) is 6.79 Å². The van der Waals surface area contributed by atoms with Crippen LogP contribution in [0.5, 0.6) is 11.5 Å². The number of H-pyrrole nitrogens is 1. The number of ether oxygens (including phenoxy) is 2. The first-order valence-electron chi connectivity index (χ1n) is 10.3. The SMILES string of the molecule is O=C(O)CC[C@]12CN(Cc3cccc4c3OCO4)C[C@H]1CN(C(=O)c1ccc[nH]1)C2. The highest BCUT2D eigenvalue weighted by Crippen LogP contribution is 2.47. The Bertz CT molecular complexity index is 960. The van der Waals surface area contributed by atoms with Crippen LogP contribution < -0.4 is 9.47 Å². The summed E-state index contributed by atoms with van der Waals surface area (Å²) >= 11 is 0. The van der Waals surface area contributed by atoms with Gasteiger partial charge in [0.25, 0.3) is 5.91 Å². The van der Waals surface area contributed by atoms with E-state index in [1.165, 1.54) is 0 Å². The molecule has 4 heterocycles. The van der Waals surface area contributed by atoms with Crippen molar-refractivity contribution in [1.82, 2.24) is 14.8 Å². The van der Waals surface area contributed by atoms with Gasteiger partial charge >= 0.3 is 5.97 Å². The summed E-state index contributed by atoms with van der Waals surface area (Å²) in [5, 5.41) is 9.29. The number of carbonyl (C=O) groups excluding carboxylic acids is 1. The second-order valence-corrected chi connectivity index (χ2v) is 8.54. The quantitative estimate of drug-likeness (QED) is 0.757. The normalized spacial score (nSPS) is 24.9. The zero-order valence-corrected chi connectivity index (χ0v) is 16.7. The van der Waals surface area contributed by atoms with Gasteiger partial charge in [-0.3, -0.25) is 14.5 Å². The third-order valence-electron chi connectivity index (χ3n) is 6.65. The minimum absolute atomic E-state index is 0.0120. The maximum atomic E-state index is 12.9. The van der Waals surface area contributed by atoms with E-state index in [0.29, 0.717) is 25.2 Å². The number of benzene rings is 1. The molecule has 3 aliphatic rings. The summed E-state index contributed by atoms with van der Waals surface area (Å²) < 4.78 is 11.1. The Morgan fingerprint density at radius 2 is 2.07 bits per heavy atom. The van der Waals surface area contributed by atoms with Gasteiger partial charge < -0.3 is 24.5 Å². The maximum Gasteiger partial charge on any atom is 0.303 e.